The van der Waals surface area contributed by atoms with Crippen molar-refractivity contribution in [3.05, 3.63) is 39.4 Å². The summed E-state index contributed by atoms with van der Waals surface area (Å²) in [7, 11) is 0. The van der Waals surface area contributed by atoms with E-state index in [1.54, 1.807) is 5.43 Å². The Morgan fingerprint density at radius 1 is 1.40 bits per heavy atom. The van der Waals surface area contributed by atoms with Gasteiger partial charge in [0, 0.05) is 0 Å². The molecule has 3 N–H and O–H groups in total. The molecule has 1 rings (SSSR count). The quantitative estimate of drug-likeness (QED) is 0.325. The zero-order valence-corrected chi connectivity index (χ0v) is 7.16. The minimum atomic E-state index is -1.41. The van der Waals surface area contributed by atoms with Crippen LogP contribution in [0.2, 0.25) is 0 Å². The number of hydrazine groups is 1. The number of benzene rings is 1. The maximum absolute atomic E-state index is 12.7. The van der Waals surface area contributed by atoms with E-state index >= 15 is 0 Å². The molecule has 0 fully saturated rings. The van der Waals surface area contributed by atoms with Crippen LogP contribution in [0, 0.1) is 21.7 Å². The molecule has 0 aliphatic rings. The lowest BCUT2D eigenvalue weighted by Crippen LogP contribution is -2.30. The second kappa shape index (κ2) is 3.96. The molecular formula is C7H5F2N3O3. The van der Waals surface area contributed by atoms with E-state index in [9.17, 15) is 23.7 Å². The van der Waals surface area contributed by atoms with Crippen molar-refractivity contribution < 1.29 is 18.5 Å². The van der Waals surface area contributed by atoms with Gasteiger partial charge in [-0.15, -0.1) is 0 Å². The van der Waals surface area contributed by atoms with Crippen molar-refractivity contribution in [1.82, 2.24) is 5.43 Å². The van der Waals surface area contributed by atoms with Gasteiger partial charge in [0.25, 0.3) is 11.6 Å². The molecule has 0 aliphatic heterocycles. The summed E-state index contributed by atoms with van der Waals surface area (Å²) in [4.78, 5) is 20.4. The number of hydrogen-bond donors (Lipinski definition) is 2. The number of nitrogens with zero attached hydrogens (tertiary/aromatic N) is 1. The molecular weight excluding hydrogens is 212 g/mol. The first-order chi connectivity index (χ1) is 6.97. The summed E-state index contributed by atoms with van der Waals surface area (Å²) in [5.41, 5.74) is 0.103. The van der Waals surface area contributed by atoms with Gasteiger partial charge in [0.1, 0.15) is 5.56 Å². The monoisotopic (exact) mass is 217 g/mol. The van der Waals surface area contributed by atoms with Crippen molar-refractivity contribution >= 4 is 11.6 Å². The van der Waals surface area contributed by atoms with E-state index < -0.39 is 33.7 Å². The normalized spacial score (nSPS) is 9.80. The molecule has 1 aromatic carbocycles. The van der Waals surface area contributed by atoms with Crippen molar-refractivity contribution in [2.45, 2.75) is 0 Å². The van der Waals surface area contributed by atoms with Crippen molar-refractivity contribution in [2.24, 2.45) is 5.84 Å². The molecule has 0 heterocycles. The van der Waals surface area contributed by atoms with Gasteiger partial charge in [-0.2, -0.15) is 0 Å². The Bertz CT molecular complexity index is 436. The summed E-state index contributed by atoms with van der Waals surface area (Å²) in [5.74, 6) is 0.885. The Balaban J connectivity index is 3.41. The van der Waals surface area contributed by atoms with Gasteiger partial charge in [-0.1, -0.05) is 0 Å². The molecule has 0 bridgehead atoms. The van der Waals surface area contributed by atoms with E-state index in [2.05, 4.69) is 0 Å². The number of carbonyl (C=O) groups is 1. The average Bonchev–Trinajstić information content (AvgIpc) is 2.20. The number of nitrogens with one attached hydrogen (secondary N) is 1. The van der Waals surface area contributed by atoms with Crippen LogP contribution >= 0.6 is 0 Å². The first-order valence-corrected chi connectivity index (χ1v) is 3.61. The van der Waals surface area contributed by atoms with E-state index in [1.165, 1.54) is 0 Å². The highest BCUT2D eigenvalue weighted by molar-refractivity contribution is 5.97. The minimum Gasteiger partial charge on any atom is -0.290 e. The van der Waals surface area contributed by atoms with Crippen molar-refractivity contribution in [1.29, 1.82) is 0 Å². The van der Waals surface area contributed by atoms with Crippen LogP contribution in [-0.4, -0.2) is 10.8 Å². The smallest absolute Gasteiger partial charge is 0.285 e. The average molecular weight is 217 g/mol. The third-order valence-corrected chi connectivity index (χ3v) is 1.61. The molecule has 0 spiro atoms. The van der Waals surface area contributed by atoms with Crippen LogP contribution < -0.4 is 11.3 Å². The molecule has 0 saturated heterocycles. The van der Waals surface area contributed by atoms with E-state index in [-0.39, 0.29) is 0 Å². The van der Waals surface area contributed by atoms with Crippen molar-refractivity contribution in [2.75, 3.05) is 0 Å². The number of carbonyl (C=O) groups excluding carboxylic acids is 1. The summed E-state index contributed by atoms with van der Waals surface area (Å²) >= 11 is 0. The summed E-state index contributed by atoms with van der Waals surface area (Å²) in [5, 5.41) is 10.4. The summed E-state index contributed by atoms with van der Waals surface area (Å²) in [6, 6.07) is 0.732. The Hall–Kier alpha value is -2.09. The van der Waals surface area contributed by atoms with Crippen LogP contribution in [0.1, 0.15) is 10.4 Å². The molecule has 6 nitrogen and oxygen atoms in total. The number of nitrogens with two attached hydrogens (primary N) is 1. The summed E-state index contributed by atoms with van der Waals surface area (Å²) in [6.45, 7) is 0. The second-order valence-electron chi connectivity index (χ2n) is 2.51. The molecule has 15 heavy (non-hydrogen) atoms. The molecule has 1 aromatic rings. The maximum atomic E-state index is 12.7. The number of halogens is 2. The molecule has 0 saturated carbocycles. The lowest BCUT2D eigenvalue weighted by Gasteiger charge is -2.01. The first kappa shape index (κ1) is 11.0. The standard InChI is InChI=1S/C7H5F2N3O3/c8-4-1-3(7(13)11-10)6(12(14)15)2-5(4)9/h1-2H,10H2,(H,11,13). The number of hydrogen-bond acceptors (Lipinski definition) is 4. The first-order valence-electron chi connectivity index (χ1n) is 3.61. The fraction of sp³-hybridized carbons (Fsp3) is 0. The number of nitro benzene ring substituents is 1. The number of nitro groups is 1. The van der Waals surface area contributed by atoms with Crippen molar-refractivity contribution in [3.63, 3.8) is 0 Å². The van der Waals surface area contributed by atoms with Crippen molar-refractivity contribution in [3.8, 4) is 0 Å². The molecule has 0 aliphatic carbocycles. The van der Waals surface area contributed by atoms with Gasteiger partial charge in [0.15, 0.2) is 11.6 Å². The molecule has 1 amide bonds. The highest BCUT2D eigenvalue weighted by atomic mass is 19.2. The Kier molecular flexibility index (Phi) is 2.90. The number of amides is 1. The predicted octanol–water partition coefficient (Wildman–Crippen LogP) is 0.476. The third-order valence-electron chi connectivity index (χ3n) is 1.61. The summed E-state index contributed by atoms with van der Waals surface area (Å²) in [6.07, 6.45) is 0. The van der Waals surface area contributed by atoms with Gasteiger partial charge in [0.2, 0.25) is 0 Å². The van der Waals surface area contributed by atoms with Crippen LogP contribution in [0.3, 0.4) is 0 Å². The number of rotatable bonds is 2. The van der Waals surface area contributed by atoms with Gasteiger partial charge >= 0.3 is 0 Å². The largest absolute Gasteiger partial charge is 0.290 e. The molecule has 0 unspecified atom stereocenters. The van der Waals surface area contributed by atoms with Crippen LogP contribution in [0.25, 0.3) is 0 Å². The molecule has 0 aromatic heterocycles. The third kappa shape index (κ3) is 2.05. The van der Waals surface area contributed by atoms with Crippen LogP contribution in [0.4, 0.5) is 14.5 Å². The Morgan fingerprint density at radius 3 is 2.40 bits per heavy atom. The molecule has 8 heteroatoms. The minimum absolute atomic E-state index is 0.319. The SMILES string of the molecule is NNC(=O)c1cc(F)c(F)cc1[N+](=O)[O-]. The molecule has 0 atom stereocenters. The van der Waals surface area contributed by atoms with E-state index in [0.717, 1.165) is 0 Å². The number of nitrogen functional groups attached to an aromatic ring is 1. The fourth-order valence-electron chi connectivity index (χ4n) is 0.947. The maximum Gasteiger partial charge on any atom is 0.285 e. The Morgan fingerprint density at radius 2 is 1.93 bits per heavy atom. The molecule has 80 valence electrons. The topological polar surface area (TPSA) is 98.3 Å². The zero-order chi connectivity index (χ0) is 11.6. The van der Waals surface area contributed by atoms with Crippen LogP contribution in [0.15, 0.2) is 12.1 Å². The fourth-order valence-corrected chi connectivity index (χ4v) is 0.947. The van der Waals surface area contributed by atoms with E-state index in [4.69, 9.17) is 5.84 Å². The zero-order valence-electron chi connectivity index (χ0n) is 7.16. The highest BCUT2D eigenvalue weighted by Crippen LogP contribution is 2.21. The van der Waals surface area contributed by atoms with Gasteiger partial charge in [-0.05, 0) is 6.07 Å². The van der Waals surface area contributed by atoms with Gasteiger partial charge in [-0.3, -0.25) is 20.3 Å². The Labute approximate surface area is 81.8 Å². The highest BCUT2D eigenvalue weighted by Gasteiger charge is 2.23. The van der Waals surface area contributed by atoms with E-state index in [1.807, 2.05) is 0 Å². The van der Waals surface area contributed by atoms with E-state index in [0.29, 0.717) is 12.1 Å². The van der Waals surface area contributed by atoms with Crippen LogP contribution in [0.5, 0.6) is 0 Å². The van der Waals surface area contributed by atoms with Gasteiger partial charge in [-0.25, -0.2) is 14.6 Å². The predicted molar refractivity (Wildman–Crippen MR) is 44.7 cm³/mol. The molecule has 0 radical (unpaired) electrons. The second-order valence-corrected chi connectivity index (χ2v) is 2.51. The lowest BCUT2D eigenvalue weighted by atomic mass is 10.1. The lowest BCUT2D eigenvalue weighted by molar-refractivity contribution is -0.385. The van der Waals surface area contributed by atoms with Crippen LogP contribution in [-0.2, 0) is 0 Å². The van der Waals surface area contributed by atoms with Gasteiger partial charge in [0.05, 0.1) is 11.0 Å². The summed E-state index contributed by atoms with van der Waals surface area (Å²) < 4.78 is 25.3. The van der Waals surface area contributed by atoms with Gasteiger partial charge < -0.3 is 0 Å².